The first-order valence-corrected chi connectivity index (χ1v) is 10.5. The van der Waals surface area contributed by atoms with E-state index in [2.05, 4.69) is 112 Å². The smallest absolute Gasteiger partial charge is 0.176 e. The van der Waals surface area contributed by atoms with Crippen molar-refractivity contribution in [3.63, 3.8) is 0 Å². The predicted molar refractivity (Wildman–Crippen MR) is 122 cm³/mol. The zero-order valence-electron chi connectivity index (χ0n) is 18.6. The van der Waals surface area contributed by atoms with Crippen molar-refractivity contribution in [1.29, 1.82) is 0 Å². The van der Waals surface area contributed by atoms with E-state index in [1.54, 1.807) is 0 Å². The van der Waals surface area contributed by atoms with Crippen molar-refractivity contribution < 1.29 is 0 Å². The number of hydrogen-bond acceptors (Lipinski definition) is 2. The quantitative estimate of drug-likeness (QED) is 0.396. The van der Waals surface area contributed by atoms with Gasteiger partial charge >= 0.3 is 0 Å². The predicted octanol–water partition coefficient (Wildman–Crippen LogP) is 5.45. The van der Waals surface area contributed by atoms with Gasteiger partial charge in [0.1, 0.15) is 0 Å². The number of imidazole rings is 2. The SMILES string of the molecule is Cn1cc2nc1-c1nc(cn1C)C(C)(C)c1cccc(c1)-c1cccc(c1)C2(C)C. The van der Waals surface area contributed by atoms with E-state index in [-0.39, 0.29) is 10.8 Å². The Bertz CT molecular complexity index is 1170. The fourth-order valence-corrected chi connectivity index (χ4v) is 4.42. The van der Waals surface area contributed by atoms with Crippen LogP contribution in [0.3, 0.4) is 0 Å². The van der Waals surface area contributed by atoms with Gasteiger partial charge in [0.25, 0.3) is 0 Å². The maximum absolute atomic E-state index is 5.07. The van der Waals surface area contributed by atoms with Gasteiger partial charge in [-0.25, -0.2) is 9.97 Å². The van der Waals surface area contributed by atoms with Crippen molar-refractivity contribution in [1.82, 2.24) is 19.1 Å². The van der Waals surface area contributed by atoms with Crippen LogP contribution in [-0.2, 0) is 24.9 Å². The van der Waals surface area contributed by atoms with Crippen LogP contribution in [0.4, 0.5) is 0 Å². The van der Waals surface area contributed by atoms with Crippen LogP contribution in [0, 0.1) is 0 Å². The number of aromatic nitrogens is 4. The molecular weight excluding hydrogens is 368 g/mol. The molecule has 4 heteroatoms. The van der Waals surface area contributed by atoms with Crippen LogP contribution >= 0.6 is 0 Å². The molecule has 5 rings (SSSR count). The van der Waals surface area contributed by atoms with E-state index in [0.29, 0.717) is 0 Å². The highest BCUT2D eigenvalue weighted by Gasteiger charge is 2.31. The van der Waals surface area contributed by atoms with Gasteiger partial charge in [-0.3, -0.25) is 0 Å². The van der Waals surface area contributed by atoms with Crippen LogP contribution in [0.2, 0.25) is 0 Å². The third-order valence-electron chi connectivity index (χ3n) is 6.74. The standard InChI is InChI=1S/C26H28N4/c1-25(2)19-11-7-9-17(13-19)18-10-8-12-20(14-18)26(3,4)22-16-30(6)24(28-22)23-27-21(25)15-29(23)5/h7-16H,1-6H3. The molecule has 0 atom stereocenters. The zero-order valence-corrected chi connectivity index (χ0v) is 18.6. The van der Waals surface area contributed by atoms with Gasteiger partial charge in [-0.15, -0.1) is 0 Å². The summed E-state index contributed by atoms with van der Waals surface area (Å²) in [6.07, 6.45) is 4.28. The highest BCUT2D eigenvalue weighted by atomic mass is 15.1. The van der Waals surface area contributed by atoms with Crippen LogP contribution in [0.1, 0.15) is 50.2 Å². The number of aryl methyl sites for hydroxylation is 2. The van der Waals surface area contributed by atoms with E-state index >= 15 is 0 Å². The minimum Gasteiger partial charge on any atom is -0.331 e. The molecule has 0 amide bonds. The number of benzene rings is 2. The molecule has 0 saturated heterocycles. The van der Waals surface area contributed by atoms with Crippen molar-refractivity contribution in [2.75, 3.05) is 0 Å². The Hall–Kier alpha value is -3.14. The molecule has 3 heterocycles. The highest BCUT2D eigenvalue weighted by Crippen LogP contribution is 2.38. The Morgan fingerprint density at radius 3 is 1.43 bits per heavy atom. The first-order valence-electron chi connectivity index (χ1n) is 10.5. The summed E-state index contributed by atoms with van der Waals surface area (Å²) in [7, 11) is 4.11. The normalized spacial score (nSPS) is 16.2. The molecular formula is C26H28N4. The molecule has 0 N–H and O–H groups in total. The minimum absolute atomic E-state index is 0.221. The van der Waals surface area contributed by atoms with Gasteiger partial charge in [0, 0.05) is 37.3 Å². The maximum atomic E-state index is 5.07. The van der Waals surface area contributed by atoms with Crippen LogP contribution in [0.15, 0.2) is 60.9 Å². The number of fused-ring (bicyclic) bond motifs is 10. The topological polar surface area (TPSA) is 35.6 Å². The van der Waals surface area contributed by atoms with Crippen molar-refractivity contribution in [3.05, 3.63) is 83.4 Å². The zero-order chi connectivity index (χ0) is 21.3. The monoisotopic (exact) mass is 396 g/mol. The summed E-state index contributed by atoms with van der Waals surface area (Å²) in [6.45, 7) is 8.97. The first-order chi connectivity index (χ1) is 14.2. The second kappa shape index (κ2) is 6.18. The molecule has 4 nitrogen and oxygen atoms in total. The first kappa shape index (κ1) is 18.9. The maximum Gasteiger partial charge on any atom is 0.176 e. The lowest BCUT2D eigenvalue weighted by Crippen LogP contribution is -2.20. The molecule has 0 radical (unpaired) electrons. The molecule has 2 aromatic heterocycles. The molecule has 4 aromatic rings. The lowest BCUT2D eigenvalue weighted by molar-refractivity contribution is 0.618. The molecule has 8 bridgehead atoms. The van der Waals surface area contributed by atoms with Crippen LogP contribution in [0.5, 0.6) is 0 Å². The Balaban J connectivity index is 1.86. The van der Waals surface area contributed by atoms with Crippen LogP contribution in [-0.4, -0.2) is 19.1 Å². The van der Waals surface area contributed by atoms with Crippen LogP contribution < -0.4 is 0 Å². The van der Waals surface area contributed by atoms with E-state index in [9.17, 15) is 0 Å². The molecule has 0 unspecified atom stereocenters. The second-order valence-electron chi connectivity index (χ2n) is 9.53. The summed E-state index contributed by atoms with van der Waals surface area (Å²) >= 11 is 0. The summed E-state index contributed by atoms with van der Waals surface area (Å²) in [5, 5.41) is 0. The number of nitrogens with zero attached hydrogens (tertiary/aromatic N) is 4. The van der Waals surface area contributed by atoms with Crippen molar-refractivity contribution in [3.8, 4) is 22.8 Å². The van der Waals surface area contributed by atoms with Gasteiger partial charge < -0.3 is 9.13 Å². The molecule has 0 fully saturated rings. The van der Waals surface area contributed by atoms with Gasteiger partial charge in [-0.2, -0.15) is 0 Å². The van der Waals surface area contributed by atoms with Gasteiger partial charge in [-0.1, -0.05) is 76.2 Å². The third-order valence-corrected chi connectivity index (χ3v) is 6.74. The molecule has 2 aromatic carbocycles. The minimum atomic E-state index is -0.221. The van der Waals surface area contributed by atoms with E-state index in [4.69, 9.17) is 9.97 Å². The van der Waals surface area contributed by atoms with Crippen molar-refractivity contribution in [2.45, 2.75) is 38.5 Å². The van der Waals surface area contributed by atoms with Gasteiger partial charge in [0.15, 0.2) is 11.6 Å². The largest absolute Gasteiger partial charge is 0.331 e. The van der Waals surface area contributed by atoms with Gasteiger partial charge in [-0.05, 0) is 22.3 Å². The molecule has 0 saturated carbocycles. The third kappa shape index (κ3) is 2.67. The van der Waals surface area contributed by atoms with Crippen molar-refractivity contribution >= 4 is 0 Å². The highest BCUT2D eigenvalue weighted by molar-refractivity contribution is 5.66. The number of rotatable bonds is 0. The summed E-state index contributed by atoms with van der Waals surface area (Å²) in [5.41, 5.74) is 6.63. The van der Waals surface area contributed by atoms with E-state index in [1.807, 2.05) is 0 Å². The summed E-state index contributed by atoms with van der Waals surface area (Å²) in [5.74, 6) is 1.79. The summed E-state index contributed by atoms with van der Waals surface area (Å²) in [6, 6.07) is 17.7. The lowest BCUT2D eigenvalue weighted by atomic mass is 9.79. The summed E-state index contributed by atoms with van der Waals surface area (Å²) < 4.78 is 4.19. The molecule has 0 aliphatic carbocycles. The van der Waals surface area contributed by atoms with E-state index in [0.717, 1.165) is 23.0 Å². The van der Waals surface area contributed by atoms with Crippen molar-refractivity contribution in [2.24, 2.45) is 14.1 Å². The fourth-order valence-electron chi connectivity index (χ4n) is 4.42. The van der Waals surface area contributed by atoms with Gasteiger partial charge in [0.2, 0.25) is 0 Å². The summed E-state index contributed by atoms with van der Waals surface area (Å²) in [4.78, 5) is 10.1. The Labute approximate surface area is 178 Å². The Morgan fingerprint density at radius 1 is 0.633 bits per heavy atom. The molecule has 0 spiro atoms. The molecule has 1 aliphatic heterocycles. The molecule has 152 valence electrons. The molecule has 30 heavy (non-hydrogen) atoms. The molecule has 1 aliphatic rings. The van der Waals surface area contributed by atoms with E-state index in [1.165, 1.54) is 22.3 Å². The Morgan fingerprint density at radius 2 is 1.03 bits per heavy atom. The fraction of sp³-hybridized carbons (Fsp3) is 0.308. The lowest BCUT2D eigenvalue weighted by Gasteiger charge is -2.25. The average Bonchev–Trinajstić information content (AvgIpc) is 3.31. The van der Waals surface area contributed by atoms with Crippen LogP contribution in [0.25, 0.3) is 22.8 Å². The Kier molecular flexibility index (Phi) is 3.88. The second-order valence-corrected chi connectivity index (χ2v) is 9.53. The van der Waals surface area contributed by atoms with Gasteiger partial charge in [0.05, 0.1) is 11.4 Å². The van der Waals surface area contributed by atoms with E-state index < -0.39 is 0 Å². The number of hydrogen-bond donors (Lipinski definition) is 0. The average molecular weight is 397 g/mol.